The van der Waals surface area contributed by atoms with E-state index in [9.17, 15) is 28.3 Å². The zero-order chi connectivity index (χ0) is 30.6. The molecular weight excluding hydrogens is 587 g/mol. The number of carboxylic acid groups (broad SMARTS) is 1. The zero-order valence-electron chi connectivity index (χ0n) is 23.2. The summed E-state index contributed by atoms with van der Waals surface area (Å²) in [6.07, 6.45) is -0.668. The number of hydrogen-bond donors (Lipinski definition) is 1. The summed E-state index contributed by atoms with van der Waals surface area (Å²) >= 11 is 6.51. The van der Waals surface area contributed by atoms with Crippen LogP contribution in [0.2, 0.25) is 5.02 Å². The van der Waals surface area contributed by atoms with Gasteiger partial charge in [-0.1, -0.05) is 23.7 Å². The smallest absolute Gasteiger partial charge is 0.335 e. The van der Waals surface area contributed by atoms with E-state index in [1.54, 1.807) is 12.0 Å². The average Bonchev–Trinajstić information content (AvgIpc) is 3.71. The molecule has 1 saturated carbocycles. The predicted molar refractivity (Wildman–Crippen MR) is 150 cm³/mol. The fourth-order valence-electron chi connectivity index (χ4n) is 6.27. The Hall–Kier alpha value is -3.70. The van der Waals surface area contributed by atoms with Gasteiger partial charge < -0.3 is 14.7 Å². The number of amides is 1. The van der Waals surface area contributed by atoms with Crippen molar-refractivity contribution in [3.63, 3.8) is 0 Å². The first-order chi connectivity index (χ1) is 20.6. The highest BCUT2D eigenvalue weighted by molar-refractivity contribution is 6.34. The SMILES string of the molecule is COC1CN(C(=O)C2CCc3c(-c4ccc(C(=O)O)cc4F)nn(C(=O)c4c(Cl)cccc4C(C(F)F)C4CC4)c3C2)C1. The van der Waals surface area contributed by atoms with Gasteiger partial charge in [0.05, 0.1) is 33.6 Å². The van der Waals surface area contributed by atoms with Gasteiger partial charge in [0.15, 0.2) is 0 Å². The zero-order valence-corrected chi connectivity index (χ0v) is 24.0. The predicted octanol–water partition coefficient (Wildman–Crippen LogP) is 5.45. The lowest BCUT2D eigenvalue weighted by Gasteiger charge is -2.40. The number of aromatic carboxylic acids is 1. The summed E-state index contributed by atoms with van der Waals surface area (Å²) in [5.74, 6) is -4.91. The van der Waals surface area contributed by atoms with Crippen molar-refractivity contribution in [3.05, 3.63) is 75.2 Å². The van der Waals surface area contributed by atoms with Crippen molar-refractivity contribution in [1.29, 1.82) is 0 Å². The Morgan fingerprint density at radius 3 is 2.49 bits per heavy atom. The van der Waals surface area contributed by atoms with E-state index in [0.717, 1.165) is 10.7 Å². The van der Waals surface area contributed by atoms with E-state index >= 15 is 4.39 Å². The molecule has 8 nitrogen and oxygen atoms in total. The molecule has 1 aromatic heterocycles. The molecule has 2 heterocycles. The maximum absolute atomic E-state index is 15.3. The Kier molecular flexibility index (Phi) is 7.80. The van der Waals surface area contributed by atoms with Crippen LogP contribution in [-0.4, -0.2) is 70.3 Å². The van der Waals surface area contributed by atoms with Gasteiger partial charge in [0.2, 0.25) is 12.3 Å². The van der Waals surface area contributed by atoms with Gasteiger partial charge in [-0.05, 0) is 61.4 Å². The molecule has 3 aromatic rings. The number of methoxy groups -OCH3 is 1. The van der Waals surface area contributed by atoms with Crippen LogP contribution in [0.1, 0.15) is 62.7 Å². The van der Waals surface area contributed by atoms with Gasteiger partial charge >= 0.3 is 5.97 Å². The Morgan fingerprint density at radius 1 is 1.12 bits per heavy atom. The molecule has 2 fully saturated rings. The quantitative estimate of drug-likeness (QED) is 0.362. The molecule has 1 N–H and O–H groups in total. The fraction of sp³-hybridized carbons (Fsp3) is 0.419. The minimum atomic E-state index is -2.71. The van der Waals surface area contributed by atoms with Crippen LogP contribution >= 0.6 is 11.6 Å². The summed E-state index contributed by atoms with van der Waals surface area (Å²) in [4.78, 5) is 40.6. The molecule has 2 aliphatic carbocycles. The molecule has 43 heavy (non-hydrogen) atoms. The highest BCUT2D eigenvalue weighted by atomic mass is 35.5. The van der Waals surface area contributed by atoms with Gasteiger partial charge in [0.25, 0.3) is 5.91 Å². The lowest BCUT2D eigenvalue weighted by Crippen LogP contribution is -2.56. The van der Waals surface area contributed by atoms with E-state index in [2.05, 4.69) is 5.10 Å². The molecule has 0 radical (unpaired) electrons. The largest absolute Gasteiger partial charge is 0.478 e. The van der Waals surface area contributed by atoms with Gasteiger partial charge in [-0.15, -0.1) is 0 Å². The number of carbonyl (C=O) groups is 3. The van der Waals surface area contributed by atoms with Crippen LogP contribution in [0.25, 0.3) is 11.3 Å². The summed E-state index contributed by atoms with van der Waals surface area (Å²) in [7, 11) is 1.58. The number of benzene rings is 2. The normalized spacial score (nSPS) is 19.2. The first-order valence-corrected chi connectivity index (χ1v) is 14.5. The van der Waals surface area contributed by atoms with E-state index in [0.29, 0.717) is 50.0 Å². The van der Waals surface area contributed by atoms with Crippen LogP contribution in [0, 0.1) is 17.7 Å². The van der Waals surface area contributed by atoms with Crippen LogP contribution in [0.15, 0.2) is 36.4 Å². The van der Waals surface area contributed by atoms with Crippen molar-refractivity contribution in [2.24, 2.45) is 11.8 Å². The van der Waals surface area contributed by atoms with Crippen LogP contribution < -0.4 is 0 Å². The molecule has 6 rings (SSSR count). The standard InChI is InChI=1S/C31H29ClF3N3O5/c1-43-18-13-37(14-18)29(39)16-7-10-20-24(12-16)38(36-27(20)19-9-8-17(31(41)42)11-23(19)33)30(40)26-21(3-2-4-22(26)32)25(28(34)35)15-5-6-15/h2-4,8-9,11,15-16,18,25,28H,5-7,10,12-14H2,1H3,(H,41,42). The lowest BCUT2D eigenvalue weighted by atomic mass is 9.84. The Balaban J connectivity index is 1.45. The number of halogens is 4. The third-order valence-electron chi connectivity index (χ3n) is 8.80. The second-order valence-electron chi connectivity index (χ2n) is 11.4. The molecule has 226 valence electrons. The average molecular weight is 616 g/mol. The van der Waals surface area contributed by atoms with E-state index in [1.807, 2.05) is 0 Å². The van der Waals surface area contributed by atoms with Crippen molar-refractivity contribution in [2.45, 2.75) is 50.6 Å². The molecular formula is C31H29ClF3N3O5. The Labute approximate surface area is 250 Å². The lowest BCUT2D eigenvalue weighted by molar-refractivity contribution is -0.147. The summed E-state index contributed by atoms with van der Waals surface area (Å²) in [5, 5.41) is 13.8. The third-order valence-corrected chi connectivity index (χ3v) is 9.11. The van der Waals surface area contributed by atoms with E-state index in [1.165, 1.54) is 30.3 Å². The molecule has 1 saturated heterocycles. The molecule has 1 amide bonds. The molecule has 0 bridgehead atoms. The van der Waals surface area contributed by atoms with Gasteiger partial charge in [-0.25, -0.2) is 18.0 Å². The molecule has 1 aliphatic heterocycles. The second kappa shape index (κ2) is 11.4. The van der Waals surface area contributed by atoms with Gasteiger partial charge in [-0.2, -0.15) is 9.78 Å². The third kappa shape index (κ3) is 5.33. The van der Waals surface area contributed by atoms with Crippen LogP contribution in [0.4, 0.5) is 13.2 Å². The number of carboxylic acids is 1. The minimum Gasteiger partial charge on any atom is -0.478 e. The number of rotatable bonds is 8. The van der Waals surface area contributed by atoms with Crippen molar-refractivity contribution in [2.75, 3.05) is 20.2 Å². The topological polar surface area (TPSA) is 102 Å². The highest BCUT2D eigenvalue weighted by Gasteiger charge is 2.42. The number of likely N-dealkylation sites (tertiary alicyclic amines) is 1. The highest BCUT2D eigenvalue weighted by Crippen LogP contribution is 2.48. The number of aromatic nitrogens is 2. The first-order valence-electron chi connectivity index (χ1n) is 14.2. The van der Waals surface area contributed by atoms with Crippen molar-refractivity contribution >= 4 is 29.4 Å². The van der Waals surface area contributed by atoms with Crippen LogP contribution in [0.3, 0.4) is 0 Å². The molecule has 0 spiro atoms. The molecule has 2 aromatic carbocycles. The second-order valence-corrected chi connectivity index (χ2v) is 11.8. The van der Waals surface area contributed by atoms with Crippen molar-refractivity contribution in [1.82, 2.24) is 14.7 Å². The maximum Gasteiger partial charge on any atom is 0.335 e. The van der Waals surface area contributed by atoms with E-state index < -0.39 is 36.0 Å². The van der Waals surface area contributed by atoms with E-state index in [-0.39, 0.29) is 57.3 Å². The monoisotopic (exact) mass is 615 g/mol. The molecule has 2 atom stereocenters. The van der Waals surface area contributed by atoms with Crippen LogP contribution in [-0.2, 0) is 22.4 Å². The minimum absolute atomic E-state index is 0.00814. The first kappa shape index (κ1) is 29.4. The van der Waals surface area contributed by atoms with Gasteiger partial charge in [0.1, 0.15) is 5.82 Å². The summed E-state index contributed by atoms with van der Waals surface area (Å²) in [6, 6.07) is 7.89. The van der Waals surface area contributed by atoms with E-state index in [4.69, 9.17) is 16.3 Å². The maximum atomic E-state index is 15.3. The Morgan fingerprint density at radius 2 is 1.86 bits per heavy atom. The van der Waals surface area contributed by atoms with Crippen molar-refractivity contribution in [3.8, 4) is 11.3 Å². The van der Waals surface area contributed by atoms with Gasteiger partial charge in [-0.3, -0.25) is 9.59 Å². The summed E-state index contributed by atoms with van der Waals surface area (Å²) < 4.78 is 50.2. The fourth-order valence-corrected chi connectivity index (χ4v) is 6.54. The van der Waals surface area contributed by atoms with Gasteiger partial charge in [0, 0.05) is 49.6 Å². The Bertz CT molecular complexity index is 1610. The number of fused-ring (bicyclic) bond motifs is 1. The number of carbonyl (C=O) groups excluding carboxylic acids is 2. The molecule has 12 heteroatoms. The molecule has 2 unspecified atom stereocenters. The molecule has 3 aliphatic rings. The number of hydrogen-bond acceptors (Lipinski definition) is 5. The number of nitrogens with zero attached hydrogens (tertiary/aromatic N) is 3. The summed E-state index contributed by atoms with van der Waals surface area (Å²) in [6.45, 7) is 0.922. The van der Waals surface area contributed by atoms with Crippen molar-refractivity contribution < 1.29 is 37.4 Å². The summed E-state index contributed by atoms with van der Waals surface area (Å²) in [5.41, 5.74) is 0.824. The number of ether oxygens (including phenoxy) is 1. The number of alkyl halides is 2. The van der Waals surface area contributed by atoms with Crippen LogP contribution in [0.5, 0.6) is 0 Å².